The fraction of sp³-hybridized carbons (Fsp3) is 0.565. The minimum Gasteiger partial charge on any atom is -0.340 e. The molecular weight excluding hydrogens is 380 g/mol. The van der Waals surface area contributed by atoms with Gasteiger partial charge in [-0.3, -0.25) is 14.4 Å². The number of nitrogens with zero attached hydrogens (tertiary/aromatic N) is 4. The Hall–Kier alpha value is -2.70. The van der Waals surface area contributed by atoms with Gasteiger partial charge in [-0.2, -0.15) is 5.10 Å². The molecule has 1 aromatic rings. The second kappa shape index (κ2) is 8.58. The van der Waals surface area contributed by atoms with Gasteiger partial charge in [0.2, 0.25) is 17.7 Å². The molecule has 4 rings (SSSR count). The average molecular weight is 411 g/mol. The Morgan fingerprint density at radius 3 is 2.60 bits per heavy atom. The van der Waals surface area contributed by atoms with Crippen molar-refractivity contribution in [2.75, 3.05) is 26.7 Å². The van der Waals surface area contributed by atoms with Crippen LogP contribution in [0.4, 0.5) is 0 Å². The van der Waals surface area contributed by atoms with Crippen molar-refractivity contribution in [2.45, 2.75) is 51.5 Å². The van der Waals surface area contributed by atoms with Gasteiger partial charge in [0.15, 0.2) is 0 Å². The van der Waals surface area contributed by atoms with E-state index in [1.165, 1.54) is 10.6 Å². The fourth-order valence-electron chi connectivity index (χ4n) is 4.89. The van der Waals surface area contributed by atoms with E-state index in [1.54, 1.807) is 7.05 Å². The number of amides is 3. The third kappa shape index (κ3) is 4.25. The lowest BCUT2D eigenvalue weighted by Gasteiger charge is -2.38. The van der Waals surface area contributed by atoms with Crippen LogP contribution in [0.25, 0.3) is 0 Å². The molecule has 0 N–H and O–H groups in total. The first kappa shape index (κ1) is 20.6. The Morgan fingerprint density at radius 1 is 1.10 bits per heavy atom. The fourth-order valence-corrected chi connectivity index (χ4v) is 4.89. The van der Waals surface area contributed by atoms with E-state index < -0.39 is 0 Å². The standard InChI is InChI=1S/C23H30N4O3/c1-3-16-5-4-6-17(11-16)12-22(29)26-9-7-18-8-10-27(20(18)15-26)23(30)14-19-13-21(28)25(2)24-19/h4-6,11,18,20H,3,7-10,12-15H2,1-2H3/t18-,20-/m1/s1. The summed E-state index contributed by atoms with van der Waals surface area (Å²) < 4.78 is 0. The molecule has 7 nitrogen and oxygen atoms in total. The van der Waals surface area contributed by atoms with Crippen molar-refractivity contribution >= 4 is 23.4 Å². The summed E-state index contributed by atoms with van der Waals surface area (Å²) in [5, 5.41) is 5.49. The summed E-state index contributed by atoms with van der Waals surface area (Å²) in [5.74, 6) is 0.539. The van der Waals surface area contributed by atoms with Gasteiger partial charge in [-0.15, -0.1) is 0 Å². The predicted molar refractivity (Wildman–Crippen MR) is 114 cm³/mol. The molecule has 3 heterocycles. The van der Waals surface area contributed by atoms with E-state index in [0.29, 0.717) is 24.6 Å². The highest BCUT2D eigenvalue weighted by Crippen LogP contribution is 2.32. The molecule has 0 aliphatic carbocycles. The number of hydrogen-bond acceptors (Lipinski definition) is 4. The van der Waals surface area contributed by atoms with Gasteiger partial charge in [-0.25, -0.2) is 5.01 Å². The zero-order chi connectivity index (χ0) is 21.3. The summed E-state index contributed by atoms with van der Waals surface area (Å²) >= 11 is 0. The molecule has 2 atom stereocenters. The van der Waals surface area contributed by atoms with Gasteiger partial charge >= 0.3 is 0 Å². The normalized spacial score (nSPS) is 23.6. The zero-order valence-electron chi connectivity index (χ0n) is 17.8. The number of likely N-dealkylation sites (tertiary alicyclic amines) is 2. The summed E-state index contributed by atoms with van der Waals surface area (Å²) in [7, 11) is 1.62. The maximum atomic E-state index is 12.9. The van der Waals surface area contributed by atoms with Gasteiger partial charge in [0.25, 0.3) is 0 Å². The van der Waals surface area contributed by atoms with Crippen molar-refractivity contribution in [3.63, 3.8) is 0 Å². The Morgan fingerprint density at radius 2 is 1.87 bits per heavy atom. The number of rotatable bonds is 5. The lowest BCUT2D eigenvalue weighted by Crippen LogP contribution is -2.52. The molecule has 3 aliphatic heterocycles. The number of carbonyl (C=O) groups is 3. The molecule has 2 saturated heterocycles. The van der Waals surface area contributed by atoms with Crippen molar-refractivity contribution in [1.82, 2.24) is 14.8 Å². The monoisotopic (exact) mass is 410 g/mol. The third-order valence-electron chi connectivity index (χ3n) is 6.65. The summed E-state index contributed by atoms with van der Waals surface area (Å²) in [5.41, 5.74) is 2.93. The predicted octanol–water partition coefficient (Wildman–Crippen LogP) is 1.85. The van der Waals surface area contributed by atoms with Crippen LogP contribution >= 0.6 is 0 Å². The highest BCUT2D eigenvalue weighted by Gasteiger charge is 2.41. The number of carbonyl (C=O) groups excluding carboxylic acids is 3. The number of aryl methyl sites for hydroxylation is 1. The van der Waals surface area contributed by atoms with Crippen LogP contribution in [0.1, 0.15) is 43.7 Å². The van der Waals surface area contributed by atoms with Crippen molar-refractivity contribution in [1.29, 1.82) is 0 Å². The summed E-state index contributed by atoms with van der Waals surface area (Å²) in [6.07, 6.45) is 3.71. The Balaban J connectivity index is 1.38. The van der Waals surface area contributed by atoms with Crippen molar-refractivity contribution in [3.8, 4) is 0 Å². The van der Waals surface area contributed by atoms with Crippen LogP contribution in [0.5, 0.6) is 0 Å². The van der Waals surface area contributed by atoms with E-state index in [9.17, 15) is 14.4 Å². The van der Waals surface area contributed by atoms with E-state index in [1.807, 2.05) is 21.9 Å². The summed E-state index contributed by atoms with van der Waals surface area (Å²) in [6.45, 7) is 4.21. The smallest absolute Gasteiger partial charge is 0.248 e. The molecule has 3 aliphatic rings. The molecule has 7 heteroatoms. The highest BCUT2D eigenvalue weighted by atomic mass is 16.2. The maximum absolute atomic E-state index is 12.9. The van der Waals surface area contributed by atoms with E-state index >= 15 is 0 Å². The molecule has 0 aromatic heterocycles. The third-order valence-corrected chi connectivity index (χ3v) is 6.65. The number of benzene rings is 1. The molecule has 3 amide bonds. The highest BCUT2D eigenvalue weighted by molar-refractivity contribution is 6.11. The lowest BCUT2D eigenvalue weighted by molar-refractivity contribution is -0.137. The summed E-state index contributed by atoms with van der Waals surface area (Å²) in [6, 6.07) is 8.29. The van der Waals surface area contributed by atoms with Gasteiger partial charge in [0.1, 0.15) is 0 Å². The van der Waals surface area contributed by atoms with E-state index in [4.69, 9.17) is 0 Å². The van der Waals surface area contributed by atoms with Crippen LogP contribution in [0.2, 0.25) is 0 Å². The molecule has 160 valence electrons. The molecule has 0 unspecified atom stereocenters. The van der Waals surface area contributed by atoms with Crippen LogP contribution in [-0.4, -0.2) is 71.0 Å². The number of hydrazone groups is 1. The van der Waals surface area contributed by atoms with Gasteiger partial charge < -0.3 is 9.80 Å². The Bertz CT molecular complexity index is 881. The van der Waals surface area contributed by atoms with Gasteiger partial charge in [0, 0.05) is 26.7 Å². The topological polar surface area (TPSA) is 73.3 Å². The second-order valence-corrected chi connectivity index (χ2v) is 8.62. The molecule has 0 spiro atoms. The zero-order valence-corrected chi connectivity index (χ0v) is 17.8. The van der Waals surface area contributed by atoms with Crippen LogP contribution in [0, 0.1) is 5.92 Å². The van der Waals surface area contributed by atoms with Crippen LogP contribution in [0.15, 0.2) is 29.4 Å². The van der Waals surface area contributed by atoms with E-state index in [0.717, 1.165) is 37.9 Å². The first-order valence-corrected chi connectivity index (χ1v) is 10.9. The number of piperidine rings is 1. The van der Waals surface area contributed by atoms with Crippen molar-refractivity contribution in [2.24, 2.45) is 11.0 Å². The van der Waals surface area contributed by atoms with Crippen molar-refractivity contribution in [3.05, 3.63) is 35.4 Å². The Kier molecular flexibility index (Phi) is 5.88. The second-order valence-electron chi connectivity index (χ2n) is 8.62. The first-order valence-electron chi connectivity index (χ1n) is 10.9. The van der Waals surface area contributed by atoms with Gasteiger partial charge in [-0.1, -0.05) is 31.2 Å². The molecular formula is C23H30N4O3. The number of hydrogen-bond donors (Lipinski definition) is 0. The molecule has 1 aromatic carbocycles. The minimum absolute atomic E-state index is 0.0225. The molecule has 30 heavy (non-hydrogen) atoms. The van der Waals surface area contributed by atoms with Crippen molar-refractivity contribution < 1.29 is 14.4 Å². The molecule has 0 saturated carbocycles. The van der Waals surface area contributed by atoms with Crippen LogP contribution in [-0.2, 0) is 27.2 Å². The first-order chi connectivity index (χ1) is 14.4. The number of fused-ring (bicyclic) bond motifs is 1. The Labute approximate surface area is 177 Å². The summed E-state index contributed by atoms with van der Waals surface area (Å²) in [4.78, 5) is 41.4. The van der Waals surface area contributed by atoms with E-state index in [-0.39, 0.29) is 36.6 Å². The van der Waals surface area contributed by atoms with Crippen LogP contribution in [0.3, 0.4) is 0 Å². The SMILES string of the molecule is CCc1cccc(CC(=O)N2CC[C@@H]3CCN(C(=O)CC4=NN(C)C(=O)C4)[C@@H]3C2)c1. The molecule has 0 bridgehead atoms. The largest absolute Gasteiger partial charge is 0.340 e. The minimum atomic E-state index is -0.0707. The average Bonchev–Trinajstić information content (AvgIpc) is 3.30. The van der Waals surface area contributed by atoms with E-state index in [2.05, 4.69) is 24.2 Å². The maximum Gasteiger partial charge on any atom is 0.248 e. The molecule has 2 fully saturated rings. The lowest BCUT2D eigenvalue weighted by atomic mass is 9.91. The van der Waals surface area contributed by atoms with Gasteiger partial charge in [0.05, 0.1) is 31.0 Å². The van der Waals surface area contributed by atoms with Crippen LogP contribution < -0.4 is 0 Å². The van der Waals surface area contributed by atoms with Gasteiger partial charge in [-0.05, 0) is 36.3 Å². The quantitative estimate of drug-likeness (QED) is 0.744. The molecule has 0 radical (unpaired) electrons.